The second kappa shape index (κ2) is 6.55. The Labute approximate surface area is 142 Å². The fraction of sp³-hybridized carbons (Fsp3) is 0.444. The van der Waals surface area contributed by atoms with Crippen molar-refractivity contribution in [2.45, 2.75) is 32.9 Å². The fourth-order valence-electron chi connectivity index (χ4n) is 3.04. The third kappa shape index (κ3) is 2.96. The van der Waals surface area contributed by atoms with Gasteiger partial charge < -0.3 is 18.9 Å². The molecule has 0 fully saturated rings. The van der Waals surface area contributed by atoms with Crippen LogP contribution in [0.3, 0.4) is 0 Å². The van der Waals surface area contributed by atoms with E-state index in [0.717, 1.165) is 17.8 Å². The van der Waals surface area contributed by atoms with Crippen molar-refractivity contribution in [2.24, 2.45) is 0 Å². The summed E-state index contributed by atoms with van der Waals surface area (Å²) in [4.78, 5) is 19.3. The van der Waals surface area contributed by atoms with Crippen molar-refractivity contribution in [1.29, 1.82) is 0 Å². The van der Waals surface area contributed by atoms with Crippen LogP contribution >= 0.6 is 0 Å². The third-order valence-electron chi connectivity index (χ3n) is 4.38. The molecule has 0 unspecified atom stereocenters. The van der Waals surface area contributed by atoms with Crippen LogP contribution in [0.2, 0.25) is 0 Å². The largest absolute Gasteiger partial charge is 0.497 e. The number of ether oxygens (including phenoxy) is 2. The predicted octanol–water partition coefficient (Wildman–Crippen LogP) is 2.68. The van der Waals surface area contributed by atoms with E-state index in [1.54, 1.807) is 32.4 Å². The smallest absolute Gasteiger partial charge is 0.254 e. The molecule has 3 rings (SSSR count). The molecule has 0 atom stereocenters. The van der Waals surface area contributed by atoms with Gasteiger partial charge in [-0.15, -0.1) is 0 Å². The summed E-state index contributed by atoms with van der Waals surface area (Å²) in [6.45, 7) is 5.48. The Morgan fingerprint density at radius 2 is 1.83 bits per heavy atom. The standard InChI is InChI=1S/C18H23N3O3/c1-12(2)21-11-19-16-5-6-20(10-17(16)21)18(22)13-7-14(23-3)9-15(8-13)24-4/h7-9,11-12H,5-6,10H2,1-4H3. The number of nitrogens with zero attached hydrogens (tertiary/aromatic N) is 3. The Balaban J connectivity index is 1.87. The highest BCUT2D eigenvalue weighted by Crippen LogP contribution is 2.26. The number of imidazole rings is 1. The maximum Gasteiger partial charge on any atom is 0.254 e. The second-order valence-electron chi connectivity index (χ2n) is 6.22. The second-order valence-corrected chi connectivity index (χ2v) is 6.22. The van der Waals surface area contributed by atoms with Crippen LogP contribution < -0.4 is 9.47 Å². The van der Waals surface area contributed by atoms with Crippen LogP contribution in [0.1, 0.15) is 41.6 Å². The van der Waals surface area contributed by atoms with E-state index in [9.17, 15) is 4.79 Å². The molecular weight excluding hydrogens is 306 g/mol. The highest BCUT2D eigenvalue weighted by Gasteiger charge is 2.26. The molecule has 0 saturated heterocycles. The van der Waals surface area contributed by atoms with E-state index < -0.39 is 0 Å². The molecule has 0 N–H and O–H groups in total. The molecule has 2 aromatic rings. The number of benzene rings is 1. The monoisotopic (exact) mass is 329 g/mol. The maximum absolute atomic E-state index is 12.9. The van der Waals surface area contributed by atoms with Crippen LogP contribution in [0.4, 0.5) is 0 Å². The number of carbonyl (C=O) groups is 1. The normalized spacial score (nSPS) is 13.8. The number of carbonyl (C=O) groups excluding carboxylic acids is 1. The van der Waals surface area contributed by atoms with Crippen molar-refractivity contribution in [3.05, 3.63) is 41.5 Å². The molecule has 1 aromatic heterocycles. The van der Waals surface area contributed by atoms with Gasteiger partial charge in [-0.25, -0.2) is 4.98 Å². The minimum absolute atomic E-state index is 0.0191. The van der Waals surface area contributed by atoms with E-state index in [1.807, 2.05) is 11.2 Å². The summed E-state index contributed by atoms with van der Waals surface area (Å²) in [6, 6.07) is 5.59. The van der Waals surface area contributed by atoms with Crippen LogP contribution in [-0.4, -0.2) is 41.1 Å². The Hall–Kier alpha value is -2.50. The van der Waals surface area contributed by atoms with Crippen LogP contribution in [-0.2, 0) is 13.0 Å². The Morgan fingerprint density at radius 1 is 1.17 bits per heavy atom. The first-order chi connectivity index (χ1) is 11.5. The first-order valence-electron chi connectivity index (χ1n) is 8.10. The number of fused-ring (bicyclic) bond motifs is 1. The maximum atomic E-state index is 12.9. The van der Waals surface area contributed by atoms with E-state index in [-0.39, 0.29) is 5.91 Å². The number of aromatic nitrogens is 2. The first kappa shape index (κ1) is 16.4. The fourth-order valence-corrected chi connectivity index (χ4v) is 3.04. The minimum atomic E-state index is -0.0191. The number of hydrogen-bond donors (Lipinski definition) is 0. The zero-order valence-electron chi connectivity index (χ0n) is 14.6. The van der Waals surface area contributed by atoms with Gasteiger partial charge in [-0.1, -0.05) is 0 Å². The molecule has 1 aliphatic heterocycles. The zero-order valence-corrected chi connectivity index (χ0v) is 14.6. The third-order valence-corrected chi connectivity index (χ3v) is 4.38. The topological polar surface area (TPSA) is 56.6 Å². The van der Waals surface area contributed by atoms with Crippen LogP contribution in [0.5, 0.6) is 11.5 Å². The van der Waals surface area contributed by atoms with Gasteiger partial charge in [-0.2, -0.15) is 0 Å². The van der Waals surface area contributed by atoms with E-state index >= 15 is 0 Å². The van der Waals surface area contributed by atoms with Crippen LogP contribution in [0, 0.1) is 0 Å². The molecule has 0 saturated carbocycles. The van der Waals surface area contributed by atoms with Gasteiger partial charge in [0, 0.05) is 30.6 Å². The first-order valence-corrected chi connectivity index (χ1v) is 8.10. The van der Waals surface area contributed by atoms with E-state index in [2.05, 4.69) is 23.4 Å². The number of rotatable bonds is 4. The van der Waals surface area contributed by atoms with Gasteiger partial charge in [-0.05, 0) is 26.0 Å². The van der Waals surface area contributed by atoms with Crippen molar-refractivity contribution in [1.82, 2.24) is 14.5 Å². The number of hydrogen-bond acceptors (Lipinski definition) is 4. The van der Waals surface area contributed by atoms with Crippen molar-refractivity contribution in [3.8, 4) is 11.5 Å². The molecule has 0 aliphatic carbocycles. The molecule has 24 heavy (non-hydrogen) atoms. The van der Waals surface area contributed by atoms with Gasteiger partial charge in [-0.3, -0.25) is 4.79 Å². The summed E-state index contributed by atoms with van der Waals surface area (Å²) in [5.74, 6) is 1.21. The quantitative estimate of drug-likeness (QED) is 0.865. The van der Waals surface area contributed by atoms with Gasteiger partial charge in [0.1, 0.15) is 11.5 Å². The van der Waals surface area contributed by atoms with Crippen molar-refractivity contribution in [3.63, 3.8) is 0 Å². The van der Waals surface area contributed by atoms with Crippen molar-refractivity contribution in [2.75, 3.05) is 20.8 Å². The van der Waals surface area contributed by atoms with Gasteiger partial charge in [0.05, 0.1) is 38.5 Å². The Morgan fingerprint density at radius 3 is 2.42 bits per heavy atom. The lowest BCUT2D eigenvalue weighted by molar-refractivity contribution is 0.0728. The van der Waals surface area contributed by atoms with E-state index in [0.29, 0.717) is 36.2 Å². The molecule has 1 aliphatic rings. The summed E-state index contributed by atoms with van der Waals surface area (Å²) >= 11 is 0. The molecule has 1 aromatic carbocycles. The van der Waals surface area contributed by atoms with E-state index in [1.165, 1.54) is 0 Å². The molecular formula is C18H23N3O3. The summed E-state index contributed by atoms with van der Waals surface area (Å²) in [5.41, 5.74) is 2.79. The average molecular weight is 329 g/mol. The van der Waals surface area contributed by atoms with Crippen molar-refractivity contribution >= 4 is 5.91 Å². The molecule has 0 spiro atoms. The van der Waals surface area contributed by atoms with Gasteiger partial charge >= 0.3 is 0 Å². The van der Waals surface area contributed by atoms with Crippen LogP contribution in [0.25, 0.3) is 0 Å². The molecule has 1 amide bonds. The number of amides is 1. The molecule has 6 nitrogen and oxygen atoms in total. The average Bonchev–Trinajstić information content (AvgIpc) is 3.03. The van der Waals surface area contributed by atoms with Gasteiger partial charge in [0.25, 0.3) is 5.91 Å². The highest BCUT2D eigenvalue weighted by atomic mass is 16.5. The lowest BCUT2D eigenvalue weighted by Gasteiger charge is -2.28. The summed E-state index contributed by atoms with van der Waals surface area (Å²) in [5, 5.41) is 0. The Kier molecular flexibility index (Phi) is 4.46. The van der Waals surface area contributed by atoms with Gasteiger partial charge in [0.2, 0.25) is 0 Å². The molecule has 2 heterocycles. The van der Waals surface area contributed by atoms with Gasteiger partial charge in [0.15, 0.2) is 0 Å². The molecule has 0 bridgehead atoms. The summed E-state index contributed by atoms with van der Waals surface area (Å²) < 4.78 is 12.7. The van der Waals surface area contributed by atoms with Crippen LogP contribution in [0.15, 0.2) is 24.5 Å². The Bertz CT molecular complexity index is 730. The molecule has 0 radical (unpaired) electrons. The highest BCUT2D eigenvalue weighted by molar-refractivity contribution is 5.95. The molecule has 128 valence electrons. The number of methoxy groups -OCH3 is 2. The SMILES string of the molecule is COc1cc(OC)cc(C(=O)N2CCc3ncn(C(C)C)c3C2)c1. The zero-order chi connectivity index (χ0) is 17.3. The lowest BCUT2D eigenvalue weighted by Crippen LogP contribution is -2.37. The summed E-state index contributed by atoms with van der Waals surface area (Å²) in [7, 11) is 3.16. The minimum Gasteiger partial charge on any atom is -0.497 e. The molecule has 6 heteroatoms. The van der Waals surface area contributed by atoms with Crippen molar-refractivity contribution < 1.29 is 14.3 Å². The lowest BCUT2D eigenvalue weighted by atomic mass is 10.1. The predicted molar refractivity (Wildman–Crippen MR) is 90.6 cm³/mol. The summed E-state index contributed by atoms with van der Waals surface area (Å²) in [6.07, 6.45) is 2.65. The van der Waals surface area contributed by atoms with E-state index in [4.69, 9.17) is 9.47 Å².